The summed E-state index contributed by atoms with van der Waals surface area (Å²) in [6.07, 6.45) is 1.83. The molecule has 0 saturated heterocycles. The van der Waals surface area contributed by atoms with Crippen LogP contribution in [0.15, 0.2) is 58.5 Å². The molecule has 0 spiro atoms. The lowest BCUT2D eigenvalue weighted by molar-refractivity contribution is -0.136. The van der Waals surface area contributed by atoms with E-state index in [0.29, 0.717) is 35.9 Å². The summed E-state index contributed by atoms with van der Waals surface area (Å²) in [6.45, 7) is 4.11. The minimum atomic E-state index is -0.826. The van der Waals surface area contributed by atoms with Gasteiger partial charge in [-0.3, -0.25) is 14.4 Å². The van der Waals surface area contributed by atoms with E-state index in [2.05, 4.69) is 16.0 Å². The van der Waals surface area contributed by atoms with E-state index in [1.807, 2.05) is 38.1 Å². The first-order valence-corrected chi connectivity index (χ1v) is 12.1. The van der Waals surface area contributed by atoms with Crippen LogP contribution in [0.1, 0.15) is 28.2 Å². The third kappa shape index (κ3) is 7.97. The fourth-order valence-electron chi connectivity index (χ4n) is 3.56. The molecule has 3 N–H and O–H groups in total. The van der Waals surface area contributed by atoms with E-state index < -0.39 is 17.7 Å². The molecular formula is C29H30N4O6. The largest absolute Gasteiger partial charge is 0.493 e. The highest BCUT2D eigenvalue weighted by Crippen LogP contribution is 2.27. The molecule has 202 valence electrons. The van der Waals surface area contributed by atoms with Gasteiger partial charge in [0.05, 0.1) is 20.8 Å². The van der Waals surface area contributed by atoms with E-state index in [1.165, 1.54) is 6.08 Å². The Balaban J connectivity index is 1.50. The van der Waals surface area contributed by atoms with Crippen LogP contribution in [0.25, 0.3) is 6.08 Å². The van der Waals surface area contributed by atoms with E-state index in [0.717, 1.165) is 16.7 Å². The second-order valence-corrected chi connectivity index (χ2v) is 8.60. The number of nitrogens with one attached hydrogen (secondary N) is 3. The molecule has 10 heteroatoms. The molecule has 3 aromatic rings. The Hall–Kier alpha value is -5.04. The number of rotatable bonds is 10. The van der Waals surface area contributed by atoms with Gasteiger partial charge in [-0.1, -0.05) is 12.1 Å². The second kappa shape index (κ2) is 13.5. The summed E-state index contributed by atoms with van der Waals surface area (Å²) in [5.41, 5.74) is 3.38. The maximum absolute atomic E-state index is 12.5. The van der Waals surface area contributed by atoms with Crippen LogP contribution >= 0.6 is 0 Å². The van der Waals surface area contributed by atoms with Gasteiger partial charge in [-0.25, -0.2) is 0 Å². The summed E-state index contributed by atoms with van der Waals surface area (Å²) < 4.78 is 16.1. The molecule has 1 heterocycles. The van der Waals surface area contributed by atoms with Crippen LogP contribution in [-0.2, 0) is 27.3 Å². The lowest BCUT2D eigenvalue weighted by Crippen LogP contribution is -2.34. The molecule has 39 heavy (non-hydrogen) atoms. The summed E-state index contributed by atoms with van der Waals surface area (Å²) in [4.78, 5) is 36.8. The van der Waals surface area contributed by atoms with Gasteiger partial charge in [0, 0.05) is 18.3 Å². The van der Waals surface area contributed by atoms with Crippen LogP contribution in [-0.4, -0.2) is 38.5 Å². The van der Waals surface area contributed by atoms with Crippen molar-refractivity contribution >= 4 is 29.5 Å². The predicted octanol–water partition coefficient (Wildman–Crippen LogP) is 3.43. The molecule has 3 rings (SSSR count). The zero-order chi connectivity index (χ0) is 28.4. The molecule has 0 saturated carbocycles. The van der Waals surface area contributed by atoms with Gasteiger partial charge in [-0.05, 0) is 73.4 Å². The van der Waals surface area contributed by atoms with Crippen molar-refractivity contribution in [1.82, 2.24) is 10.6 Å². The Morgan fingerprint density at radius 3 is 2.36 bits per heavy atom. The minimum Gasteiger partial charge on any atom is -0.493 e. The Morgan fingerprint density at radius 2 is 1.67 bits per heavy atom. The Labute approximate surface area is 226 Å². The number of amides is 3. The highest BCUT2D eigenvalue weighted by Gasteiger charge is 2.15. The maximum atomic E-state index is 12.5. The fourth-order valence-corrected chi connectivity index (χ4v) is 3.56. The number of nitrogens with zero attached hydrogens (tertiary/aromatic N) is 1. The van der Waals surface area contributed by atoms with Crippen LogP contribution < -0.4 is 25.4 Å². The molecule has 0 aliphatic carbocycles. The van der Waals surface area contributed by atoms with E-state index in [9.17, 15) is 19.6 Å². The number of nitriles is 1. The summed E-state index contributed by atoms with van der Waals surface area (Å²) >= 11 is 0. The van der Waals surface area contributed by atoms with Gasteiger partial charge in [-0.15, -0.1) is 0 Å². The monoisotopic (exact) mass is 530 g/mol. The molecule has 0 aliphatic rings. The summed E-state index contributed by atoms with van der Waals surface area (Å²) in [7, 11) is 3.10. The van der Waals surface area contributed by atoms with Crippen molar-refractivity contribution in [2.24, 2.45) is 0 Å². The lowest BCUT2D eigenvalue weighted by Gasteiger charge is -2.10. The first-order valence-electron chi connectivity index (χ1n) is 12.1. The van der Waals surface area contributed by atoms with Gasteiger partial charge in [0.25, 0.3) is 5.91 Å². The van der Waals surface area contributed by atoms with Crippen molar-refractivity contribution in [3.05, 3.63) is 82.3 Å². The number of aryl methyl sites for hydroxylation is 2. The molecule has 3 amide bonds. The number of benzene rings is 2. The highest BCUT2D eigenvalue weighted by molar-refractivity contribution is 6.39. The number of carbonyl (C=O) groups is 3. The van der Waals surface area contributed by atoms with Crippen LogP contribution in [0.4, 0.5) is 5.69 Å². The molecule has 0 bridgehead atoms. The van der Waals surface area contributed by atoms with E-state index in [1.54, 1.807) is 44.6 Å². The predicted molar refractivity (Wildman–Crippen MR) is 145 cm³/mol. The average Bonchev–Trinajstić information content (AvgIpc) is 3.39. The van der Waals surface area contributed by atoms with Crippen molar-refractivity contribution < 1.29 is 28.3 Å². The molecular weight excluding hydrogens is 500 g/mol. The van der Waals surface area contributed by atoms with E-state index >= 15 is 0 Å². The first kappa shape index (κ1) is 28.5. The third-order valence-electron chi connectivity index (χ3n) is 5.88. The lowest BCUT2D eigenvalue weighted by atomic mass is 10.1. The molecule has 0 atom stereocenters. The number of furan rings is 1. The normalized spacial score (nSPS) is 10.8. The zero-order valence-electron chi connectivity index (χ0n) is 22.2. The van der Waals surface area contributed by atoms with Gasteiger partial charge in [0.2, 0.25) is 0 Å². The zero-order valence-corrected chi connectivity index (χ0v) is 22.2. The highest BCUT2D eigenvalue weighted by atomic mass is 16.5. The molecule has 2 aromatic carbocycles. The van der Waals surface area contributed by atoms with Crippen molar-refractivity contribution in [1.29, 1.82) is 5.26 Å². The summed E-state index contributed by atoms with van der Waals surface area (Å²) in [6, 6.07) is 15.8. The SMILES string of the molecule is COc1ccc(CCNC(=O)C(C#N)=Cc2ccc(CNC(=O)C(=O)Nc3ccc(C)c(C)c3)o2)cc1OC. The summed E-state index contributed by atoms with van der Waals surface area (Å²) in [5.74, 6) is -0.379. The molecule has 0 fully saturated rings. The quantitative estimate of drug-likeness (QED) is 0.207. The fraction of sp³-hybridized carbons (Fsp3) is 0.241. The van der Waals surface area contributed by atoms with Crippen molar-refractivity contribution in [3.63, 3.8) is 0 Å². The second-order valence-electron chi connectivity index (χ2n) is 8.60. The molecule has 0 unspecified atom stereocenters. The van der Waals surface area contributed by atoms with Crippen LogP contribution in [0.3, 0.4) is 0 Å². The first-order chi connectivity index (χ1) is 18.7. The standard InChI is InChI=1S/C29H30N4O6/c1-18-5-7-22(13-19(18)2)33-29(36)28(35)32-17-24-9-8-23(39-24)15-21(16-30)27(34)31-12-11-20-6-10-25(37-3)26(14-20)38-4/h5-10,13-15H,11-12,17H2,1-4H3,(H,31,34)(H,32,35)(H,33,36). The van der Waals surface area contributed by atoms with Gasteiger partial charge >= 0.3 is 11.8 Å². The molecule has 1 aromatic heterocycles. The van der Waals surface area contributed by atoms with Crippen molar-refractivity contribution in [2.75, 3.05) is 26.1 Å². The van der Waals surface area contributed by atoms with E-state index in [-0.39, 0.29) is 17.9 Å². The van der Waals surface area contributed by atoms with Crippen molar-refractivity contribution in [3.8, 4) is 17.6 Å². The average molecular weight is 531 g/mol. The third-order valence-corrected chi connectivity index (χ3v) is 5.88. The van der Waals surface area contributed by atoms with Gasteiger partial charge in [-0.2, -0.15) is 5.26 Å². The van der Waals surface area contributed by atoms with Crippen LogP contribution in [0.2, 0.25) is 0 Å². The van der Waals surface area contributed by atoms with Crippen LogP contribution in [0, 0.1) is 25.2 Å². The van der Waals surface area contributed by atoms with Gasteiger partial charge in [0.15, 0.2) is 11.5 Å². The van der Waals surface area contributed by atoms with Crippen molar-refractivity contribution in [2.45, 2.75) is 26.8 Å². The molecule has 0 aliphatic heterocycles. The van der Waals surface area contributed by atoms with Gasteiger partial charge < -0.3 is 29.8 Å². The molecule has 0 radical (unpaired) electrons. The number of hydrogen-bond acceptors (Lipinski definition) is 7. The smallest absolute Gasteiger partial charge is 0.313 e. The Bertz CT molecular complexity index is 1430. The molecule has 10 nitrogen and oxygen atoms in total. The van der Waals surface area contributed by atoms with E-state index in [4.69, 9.17) is 13.9 Å². The number of methoxy groups -OCH3 is 2. The number of carbonyl (C=O) groups excluding carboxylic acids is 3. The topological polar surface area (TPSA) is 143 Å². The Morgan fingerprint density at radius 1 is 0.897 bits per heavy atom. The maximum Gasteiger partial charge on any atom is 0.313 e. The number of anilines is 1. The minimum absolute atomic E-state index is 0.0492. The summed E-state index contributed by atoms with van der Waals surface area (Å²) in [5, 5.41) is 17.2. The van der Waals surface area contributed by atoms with Gasteiger partial charge in [0.1, 0.15) is 23.2 Å². The van der Waals surface area contributed by atoms with Crippen LogP contribution in [0.5, 0.6) is 11.5 Å². The number of hydrogen-bond donors (Lipinski definition) is 3. The number of ether oxygens (including phenoxy) is 2. The Kier molecular flexibility index (Phi) is 9.87.